The predicted molar refractivity (Wildman–Crippen MR) is 148 cm³/mol. The van der Waals surface area contributed by atoms with Crippen LogP contribution in [0.25, 0.3) is 0 Å². The topological polar surface area (TPSA) is 92.8 Å². The highest BCUT2D eigenvalue weighted by atomic mass is 32.2. The van der Waals surface area contributed by atoms with Gasteiger partial charge in [-0.1, -0.05) is 103 Å². The van der Waals surface area contributed by atoms with Crippen molar-refractivity contribution in [1.82, 2.24) is 10.2 Å². The van der Waals surface area contributed by atoms with Crippen molar-refractivity contribution < 1.29 is 23.3 Å². The highest BCUT2D eigenvalue weighted by molar-refractivity contribution is 7.86. The molecule has 8 heteroatoms. The van der Waals surface area contributed by atoms with Crippen LogP contribution in [0, 0.1) is 0 Å². The fraction of sp³-hybridized carbons (Fsp3) is 0.194. The fourth-order valence-electron chi connectivity index (χ4n) is 4.85. The van der Waals surface area contributed by atoms with Gasteiger partial charge in [-0.3, -0.25) is 18.7 Å². The van der Waals surface area contributed by atoms with Crippen molar-refractivity contribution in [2.24, 2.45) is 0 Å². The van der Waals surface area contributed by atoms with Gasteiger partial charge in [0.05, 0.1) is 23.0 Å². The van der Waals surface area contributed by atoms with E-state index in [4.69, 9.17) is 4.74 Å². The molecule has 3 atom stereocenters. The van der Waals surface area contributed by atoms with E-state index in [1.165, 1.54) is 4.90 Å². The second-order valence-electron chi connectivity index (χ2n) is 9.55. The molecule has 1 N–H and O–H groups in total. The summed E-state index contributed by atoms with van der Waals surface area (Å²) in [6.07, 6.45) is -0.635. The number of fused-ring (bicyclic) bond motifs is 1. The van der Waals surface area contributed by atoms with Crippen LogP contribution >= 0.6 is 0 Å². The minimum atomic E-state index is -1.55. The summed E-state index contributed by atoms with van der Waals surface area (Å²) in [5.74, 6) is -1.55. The van der Waals surface area contributed by atoms with Gasteiger partial charge in [-0.15, -0.1) is 0 Å². The van der Waals surface area contributed by atoms with Crippen LogP contribution in [0.1, 0.15) is 29.7 Å². The van der Waals surface area contributed by atoms with Crippen LogP contribution in [-0.4, -0.2) is 44.1 Å². The highest BCUT2D eigenvalue weighted by Crippen LogP contribution is 2.38. The van der Waals surface area contributed by atoms with Crippen LogP contribution in [0.15, 0.2) is 114 Å². The summed E-state index contributed by atoms with van der Waals surface area (Å²) in [7, 11) is -1.55. The molecule has 39 heavy (non-hydrogen) atoms. The maximum Gasteiger partial charge on any atom is 0.356 e. The first-order valence-electron chi connectivity index (χ1n) is 12.6. The zero-order valence-corrected chi connectivity index (χ0v) is 22.2. The third kappa shape index (κ3) is 5.33. The van der Waals surface area contributed by atoms with Gasteiger partial charge < -0.3 is 10.1 Å². The number of carbonyl (C=O) groups is 3. The number of ether oxygens (including phenoxy) is 1. The standard InChI is InChI=1S/C31H28N2O5S/c1-20(2)24-19-39(37)30-26(32-25(34)18-21-12-6-3-7-13-21)29(35)33(30)27(24)31(36)38-28(22-14-8-4-9-15-22)23-16-10-5-11-17-23/h3-17,26,28,30H,1,18-19H2,2H3,(H,32,34)/t26-,30+,39?/m1/s1. The SMILES string of the molecule is C=C(C)C1=C(C(=O)OC(c2ccccc2)c2ccccc2)N2C(=O)[C@@H](NC(=O)Cc3ccccc3)[C@@H]2S(=O)C1. The predicted octanol–water partition coefficient (Wildman–Crippen LogP) is 3.81. The molecule has 0 radical (unpaired) electrons. The second-order valence-corrected chi connectivity index (χ2v) is 11.1. The number of benzene rings is 3. The van der Waals surface area contributed by atoms with Crippen LogP contribution in [0.5, 0.6) is 0 Å². The van der Waals surface area contributed by atoms with Crippen molar-refractivity contribution in [3.8, 4) is 0 Å². The van der Waals surface area contributed by atoms with Gasteiger partial charge in [0, 0.05) is 0 Å². The molecule has 0 aliphatic carbocycles. The van der Waals surface area contributed by atoms with Gasteiger partial charge in [0.1, 0.15) is 17.1 Å². The quantitative estimate of drug-likeness (QED) is 0.347. The first-order valence-corrected chi connectivity index (χ1v) is 14.0. The van der Waals surface area contributed by atoms with E-state index >= 15 is 0 Å². The Morgan fingerprint density at radius 1 is 0.974 bits per heavy atom. The zero-order chi connectivity index (χ0) is 27.5. The molecule has 1 unspecified atom stereocenters. The molecule has 0 aromatic heterocycles. The number of hydrogen-bond donors (Lipinski definition) is 1. The molecule has 2 amide bonds. The van der Waals surface area contributed by atoms with Crippen LogP contribution < -0.4 is 5.32 Å². The van der Waals surface area contributed by atoms with Crippen molar-refractivity contribution in [2.75, 3.05) is 5.75 Å². The molecule has 1 saturated heterocycles. The van der Waals surface area contributed by atoms with E-state index in [1.807, 2.05) is 91.0 Å². The van der Waals surface area contributed by atoms with Gasteiger partial charge in [0.25, 0.3) is 5.91 Å². The van der Waals surface area contributed by atoms with E-state index in [9.17, 15) is 18.6 Å². The molecule has 2 aliphatic rings. The molecular weight excluding hydrogens is 512 g/mol. The lowest BCUT2D eigenvalue weighted by atomic mass is 9.99. The van der Waals surface area contributed by atoms with Crippen LogP contribution in [0.4, 0.5) is 0 Å². The molecule has 7 nitrogen and oxygen atoms in total. The zero-order valence-electron chi connectivity index (χ0n) is 21.4. The molecule has 5 rings (SSSR count). The van der Waals surface area contributed by atoms with Crippen LogP contribution in [0.2, 0.25) is 0 Å². The third-order valence-electron chi connectivity index (χ3n) is 6.79. The number of rotatable bonds is 8. The lowest BCUT2D eigenvalue weighted by Gasteiger charge is -2.49. The summed E-state index contributed by atoms with van der Waals surface area (Å²) in [6.45, 7) is 5.66. The van der Waals surface area contributed by atoms with Crippen molar-refractivity contribution in [3.05, 3.63) is 131 Å². The number of nitrogens with one attached hydrogen (secondary N) is 1. The number of amides is 2. The molecule has 0 saturated carbocycles. The average molecular weight is 541 g/mol. The molecule has 0 bridgehead atoms. The summed E-state index contributed by atoms with van der Waals surface area (Å²) < 4.78 is 19.3. The lowest BCUT2D eigenvalue weighted by Crippen LogP contribution is -2.73. The minimum absolute atomic E-state index is 0.0284. The monoisotopic (exact) mass is 540 g/mol. The molecule has 3 aromatic carbocycles. The Hall–Kier alpha value is -4.30. The molecule has 198 valence electrons. The minimum Gasteiger partial charge on any atom is -0.448 e. The van der Waals surface area contributed by atoms with Crippen molar-refractivity contribution >= 4 is 28.6 Å². The van der Waals surface area contributed by atoms with E-state index in [1.54, 1.807) is 6.92 Å². The van der Waals surface area contributed by atoms with E-state index in [0.717, 1.165) is 16.7 Å². The van der Waals surface area contributed by atoms with E-state index in [0.29, 0.717) is 11.1 Å². The maximum absolute atomic E-state index is 13.8. The summed E-state index contributed by atoms with van der Waals surface area (Å²) >= 11 is 0. The van der Waals surface area contributed by atoms with Gasteiger partial charge in [0.15, 0.2) is 6.10 Å². The molecule has 0 spiro atoms. The summed E-state index contributed by atoms with van der Waals surface area (Å²) in [5, 5.41) is 1.85. The van der Waals surface area contributed by atoms with Gasteiger partial charge in [-0.25, -0.2) is 4.79 Å². The first kappa shape index (κ1) is 26.3. The Kier molecular flexibility index (Phi) is 7.56. The maximum atomic E-state index is 13.8. The second kappa shape index (κ2) is 11.2. The third-order valence-corrected chi connectivity index (χ3v) is 8.38. The van der Waals surface area contributed by atoms with Crippen molar-refractivity contribution in [3.63, 3.8) is 0 Å². The summed E-state index contributed by atoms with van der Waals surface area (Å²) in [6, 6.07) is 26.8. The molecule has 2 aliphatic heterocycles. The molecule has 3 aromatic rings. The number of esters is 1. The number of carbonyl (C=O) groups excluding carboxylic acids is 3. The van der Waals surface area contributed by atoms with E-state index in [-0.39, 0.29) is 23.8 Å². The van der Waals surface area contributed by atoms with Crippen molar-refractivity contribution in [2.45, 2.75) is 30.9 Å². The normalized spacial score (nSPS) is 20.2. The summed E-state index contributed by atoms with van der Waals surface area (Å²) in [5.41, 5.74) is 3.30. The summed E-state index contributed by atoms with van der Waals surface area (Å²) in [4.78, 5) is 41.0. The average Bonchev–Trinajstić information content (AvgIpc) is 2.95. The van der Waals surface area contributed by atoms with E-state index < -0.39 is 40.2 Å². The lowest BCUT2D eigenvalue weighted by molar-refractivity contribution is -0.154. The number of hydrogen-bond acceptors (Lipinski definition) is 5. The van der Waals surface area contributed by atoms with Gasteiger partial charge >= 0.3 is 5.97 Å². The highest BCUT2D eigenvalue weighted by Gasteiger charge is 2.57. The smallest absolute Gasteiger partial charge is 0.356 e. The van der Waals surface area contributed by atoms with E-state index in [2.05, 4.69) is 11.9 Å². The Morgan fingerprint density at radius 3 is 2.05 bits per heavy atom. The van der Waals surface area contributed by atoms with Gasteiger partial charge in [-0.05, 0) is 29.2 Å². The van der Waals surface area contributed by atoms with Gasteiger partial charge in [-0.2, -0.15) is 0 Å². The molecule has 1 fully saturated rings. The largest absolute Gasteiger partial charge is 0.448 e. The van der Waals surface area contributed by atoms with Crippen LogP contribution in [0.3, 0.4) is 0 Å². The Labute approximate surface area is 229 Å². The number of β-lactam (4-membered cyclic amide) rings is 1. The van der Waals surface area contributed by atoms with Gasteiger partial charge in [0.2, 0.25) is 5.91 Å². The molecule has 2 heterocycles. The molecular formula is C31H28N2O5S. The number of nitrogens with zero attached hydrogens (tertiary/aromatic N) is 1. The Bertz CT molecular complexity index is 1430. The first-order chi connectivity index (χ1) is 18.8. The van der Waals surface area contributed by atoms with Crippen molar-refractivity contribution in [1.29, 1.82) is 0 Å². The number of allylic oxidation sites excluding steroid dienone is 1. The fourth-order valence-corrected chi connectivity index (χ4v) is 6.62. The van der Waals surface area contributed by atoms with Crippen LogP contribution in [-0.2, 0) is 36.3 Å². The Balaban J connectivity index is 1.42. The Morgan fingerprint density at radius 2 is 1.51 bits per heavy atom.